The van der Waals surface area contributed by atoms with E-state index < -0.39 is 12.0 Å². The molecule has 0 fully saturated rings. The first-order valence-corrected chi connectivity index (χ1v) is 3.83. The van der Waals surface area contributed by atoms with Crippen LogP contribution in [-0.4, -0.2) is 29.6 Å². The largest absolute Gasteiger partial charge is 0.480 e. The molecule has 0 aliphatic heterocycles. The molecule has 72 valence electrons. The van der Waals surface area contributed by atoms with E-state index in [-0.39, 0.29) is 38.2 Å². The van der Waals surface area contributed by atoms with Crippen molar-refractivity contribution in [2.24, 2.45) is 5.73 Å². The zero-order chi connectivity index (χ0) is 9.56. The summed E-state index contributed by atoms with van der Waals surface area (Å²) >= 11 is 0. The van der Waals surface area contributed by atoms with Crippen molar-refractivity contribution in [2.75, 3.05) is 6.54 Å². The van der Waals surface area contributed by atoms with Gasteiger partial charge in [-0.2, -0.15) is 0 Å². The minimum Gasteiger partial charge on any atom is -0.480 e. The summed E-state index contributed by atoms with van der Waals surface area (Å²) in [6.07, 6.45) is 0.350. The monoisotopic (exact) mass is 238 g/mol. The molecule has 4 N–H and O–H groups in total. The van der Waals surface area contributed by atoms with Crippen molar-refractivity contribution in [1.29, 1.82) is 0 Å². The van der Waals surface area contributed by atoms with Crippen molar-refractivity contribution in [3.8, 4) is 0 Å². The van der Waals surface area contributed by atoms with Gasteiger partial charge in [0.2, 0.25) is 5.91 Å². The van der Waals surface area contributed by atoms with Crippen molar-refractivity contribution in [1.82, 2.24) is 5.32 Å². The number of nitrogens with two attached hydrogens (primary N) is 1. The third-order valence-electron chi connectivity index (χ3n) is 1.37. The maximum Gasteiger partial charge on any atom is 0.320 e. The fraction of sp³-hybridized carbons (Fsp3) is 0.714. The van der Waals surface area contributed by atoms with Crippen LogP contribution in [0.25, 0.3) is 0 Å². The van der Waals surface area contributed by atoms with E-state index in [1.165, 1.54) is 0 Å². The number of carbonyl (C=O) groups is 2. The molecule has 0 aromatic heterocycles. The summed E-state index contributed by atoms with van der Waals surface area (Å²) in [7, 11) is 0. The van der Waals surface area contributed by atoms with Crippen LogP contribution in [0.1, 0.15) is 19.8 Å². The third-order valence-corrected chi connectivity index (χ3v) is 1.37. The Bertz CT molecular complexity index is 175. The predicted molar refractivity (Wildman–Crippen MR) is 43.5 cm³/mol. The number of aliphatic carboxylic acids is 1. The molecule has 0 radical (unpaired) electrons. The Morgan fingerprint density at radius 2 is 2.08 bits per heavy atom. The summed E-state index contributed by atoms with van der Waals surface area (Å²) in [5, 5.41) is 10.9. The predicted octanol–water partition coefficient (Wildman–Crippen LogP) is -0.688. The number of nitrogens with one attached hydrogen (secondary N) is 1. The van der Waals surface area contributed by atoms with Gasteiger partial charge in [0, 0.05) is 32.4 Å². The van der Waals surface area contributed by atoms with Crippen LogP contribution in [0.2, 0.25) is 0 Å². The van der Waals surface area contributed by atoms with E-state index in [0.717, 1.165) is 0 Å². The maximum atomic E-state index is 10.8. The van der Waals surface area contributed by atoms with Crippen molar-refractivity contribution < 1.29 is 34.2 Å². The molecule has 0 bridgehead atoms. The normalized spacial score (nSPS) is 11.2. The van der Waals surface area contributed by atoms with Gasteiger partial charge < -0.3 is 16.2 Å². The van der Waals surface area contributed by atoms with Crippen LogP contribution in [0, 0.1) is 0 Å². The Labute approximate surface area is 89.8 Å². The van der Waals surface area contributed by atoms with Crippen LogP contribution in [0.5, 0.6) is 0 Å². The summed E-state index contributed by atoms with van der Waals surface area (Å²) < 4.78 is 0. The second-order valence-electron chi connectivity index (χ2n) is 2.44. The molecule has 0 spiro atoms. The van der Waals surface area contributed by atoms with Crippen LogP contribution in [0.4, 0.5) is 0 Å². The van der Waals surface area contributed by atoms with Crippen molar-refractivity contribution in [2.45, 2.75) is 25.8 Å². The number of hydrogen-bond acceptors (Lipinski definition) is 3. The van der Waals surface area contributed by atoms with Gasteiger partial charge in [0.25, 0.3) is 0 Å². The average Bonchev–Trinajstić information content (AvgIpc) is 2.00. The zero-order valence-electron chi connectivity index (χ0n) is 7.75. The molecule has 0 aliphatic carbocycles. The quantitative estimate of drug-likeness (QED) is 0.554. The Hall–Kier alpha value is -0.477. The van der Waals surface area contributed by atoms with E-state index in [0.29, 0.717) is 6.54 Å². The molecular formula is C7H14N2O3Zn. The molecule has 0 aromatic carbocycles. The van der Waals surface area contributed by atoms with Crippen LogP contribution in [0.3, 0.4) is 0 Å². The summed E-state index contributed by atoms with van der Waals surface area (Å²) in [6, 6.07) is -0.937. The van der Waals surface area contributed by atoms with E-state index in [4.69, 9.17) is 10.8 Å². The molecule has 5 nitrogen and oxygen atoms in total. The maximum absolute atomic E-state index is 10.8. The fourth-order valence-electron chi connectivity index (χ4n) is 0.696. The first-order chi connectivity index (χ1) is 5.57. The van der Waals surface area contributed by atoms with Crippen molar-refractivity contribution in [3.05, 3.63) is 0 Å². The van der Waals surface area contributed by atoms with Gasteiger partial charge in [0.15, 0.2) is 0 Å². The standard InChI is InChI=1S/C7H14N2O3.Zn/c1-2-9-6(10)4-3-5(8)7(11)12;/h5H,2-4,8H2,1H3,(H,9,10)(H,11,12);. The number of rotatable bonds is 5. The second kappa shape index (κ2) is 8.14. The molecule has 0 heterocycles. The molecule has 1 atom stereocenters. The molecule has 0 rings (SSSR count). The third kappa shape index (κ3) is 7.87. The Morgan fingerprint density at radius 3 is 2.46 bits per heavy atom. The molecule has 6 heteroatoms. The summed E-state index contributed by atoms with van der Waals surface area (Å²) in [5.41, 5.74) is 5.18. The van der Waals surface area contributed by atoms with E-state index in [1.54, 1.807) is 6.92 Å². The summed E-state index contributed by atoms with van der Waals surface area (Å²) in [6.45, 7) is 2.36. The van der Waals surface area contributed by atoms with Crippen LogP contribution in [-0.2, 0) is 29.1 Å². The average molecular weight is 240 g/mol. The molecule has 0 aliphatic rings. The fourth-order valence-corrected chi connectivity index (χ4v) is 0.696. The minimum atomic E-state index is -1.07. The van der Waals surface area contributed by atoms with Gasteiger partial charge in [-0.05, 0) is 13.3 Å². The molecule has 0 aromatic rings. The van der Waals surface area contributed by atoms with Crippen LogP contribution in [0.15, 0.2) is 0 Å². The van der Waals surface area contributed by atoms with Crippen LogP contribution >= 0.6 is 0 Å². The van der Waals surface area contributed by atoms with Gasteiger partial charge in [-0.25, -0.2) is 0 Å². The molecular weight excluding hydrogens is 225 g/mol. The number of hydrogen-bond donors (Lipinski definition) is 3. The van der Waals surface area contributed by atoms with E-state index in [1.807, 2.05) is 0 Å². The molecule has 1 unspecified atom stereocenters. The zero-order valence-corrected chi connectivity index (χ0v) is 10.7. The topological polar surface area (TPSA) is 92.4 Å². The van der Waals surface area contributed by atoms with Crippen molar-refractivity contribution >= 4 is 11.9 Å². The van der Waals surface area contributed by atoms with Gasteiger partial charge in [-0.3, -0.25) is 9.59 Å². The van der Waals surface area contributed by atoms with E-state index in [2.05, 4.69) is 5.32 Å². The molecule has 13 heavy (non-hydrogen) atoms. The Balaban J connectivity index is 0. The number of carbonyl (C=O) groups excluding carboxylic acids is 1. The van der Waals surface area contributed by atoms with Gasteiger partial charge in [-0.15, -0.1) is 0 Å². The van der Waals surface area contributed by atoms with Gasteiger partial charge >= 0.3 is 5.97 Å². The van der Waals surface area contributed by atoms with Gasteiger partial charge in [-0.1, -0.05) is 0 Å². The number of carboxylic acid groups (broad SMARTS) is 1. The molecule has 0 saturated heterocycles. The first kappa shape index (κ1) is 15.0. The summed E-state index contributed by atoms with van der Waals surface area (Å²) in [5.74, 6) is -1.23. The first-order valence-electron chi connectivity index (χ1n) is 3.83. The van der Waals surface area contributed by atoms with Crippen LogP contribution < -0.4 is 11.1 Å². The minimum absolute atomic E-state index is 0. The number of amides is 1. The Kier molecular flexibility index (Phi) is 9.40. The molecule has 1 amide bonds. The smallest absolute Gasteiger partial charge is 0.320 e. The SMILES string of the molecule is CCNC(=O)CCC(N)C(=O)O.[Zn]. The summed E-state index contributed by atoms with van der Waals surface area (Å²) in [4.78, 5) is 21.0. The van der Waals surface area contributed by atoms with Crippen molar-refractivity contribution in [3.63, 3.8) is 0 Å². The van der Waals surface area contributed by atoms with Gasteiger partial charge in [0.1, 0.15) is 6.04 Å². The Morgan fingerprint density at radius 1 is 1.54 bits per heavy atom. The second-order valence-corrected chi connectivity index (χ2v) is 2.44. The van der Waals surface area contributed by atoms with E-state index in [9.17, 15) is 9.59 Å². The molecule has 0 saturated carbocycles. The number of carboxylic acids is 1. The van der Waals surface area contributed by atoms with E-state index >= 15 is 0 Å². The van der Waals surface area contributed by atoms with Gasteiger partial charge in [0.05, 0.1) is 0 Å².